The number of hydrogen-bond acceptors (Lipinski definition) is 4. The fraction of sp³-hybridized carbons (Fsp3) is 0.500. The van der Waals surface area contributed by atoms with Gasteiger partial charge in [-0.15, -0.1) is 0 Å². The van der Waals surface area contributed by atoms with Crippen molar-refractivity contribution in [2.75, 3.05) is 19.6 Å². The Hall–Kier alpha value is -1.42. The van der Waals surface area contributed by atoms with Crippen molar-refractivity contribution in [2.45, 2.75) is 24.7 Å². The van der Waals surface area contributed by atoms with Crippen LogP contribution in [0.2, 0.25) is 0 Å². The maximum Gasteiger partial charge on any atom is 0.240 e. The third kappa shape index (κ3) is 3.57. The molecule has 108 valence electrons. The first-order valence-corrected chi connectivity index (χ1v) is 8.22. The molecule has 1 aromatic carbocycles. The minimum Gasteiger partial charge on any atom is -0.316 e. The van der Waals surface area contributed by atoms with E-state index in [-0.39, 0.29) is 4.90 Å². The Kier molecular flexibility index (Phi) is 4.76. The van der Waals surface area contributed by atoms with Gasteiger partial charge in [-0.05, 0) is 56.5 Å². The lowest BCUT2D eigenvalue weighted by Crippen LogP contribution is -2.38. The lowest BCUT2D eigenvalue weighted by atomic mass is 10.0. The summed E-state index contributed by atoms with van der Waals surface area (Å²) in [4.78, 5) is 0.195. The summed E-state index contributed by atoms with van der Waals surface area (Å²) in [5.74, 6) is 0.331. The van der Waals surface area contributed by atoms with Crippen molar-refractivity contribution < 1.29 is 8.42 Å². The number of aryl methyl sites for hydroxylation is 1. The monoisotopic (exact) mass is 293 g/mol. The maximum atomic E-state index is 12.3. The third-order valence-corrected chi connectivity index (χ3v) is 5.13. The van der Waals surface area contributed by atoms with Gasteiger partial charge in [0, 0.05) is 6.54 Å². The van der Waals surface area contributed by atoms with Crippen LogP contribution in [0.25, 0.3) is 0 Å². The molecule has 1 saturated heterocycles. The molecule has 1 heterocycles. The number of piperidine rings is 1. The van der Waals surface area contributed by atoms with Crippen molar-refractivity contribution in [3.63, 3.8) is 0 Å². The molecule has 0 aromatic heterocycles. The predicted molar refractivity (Wildman–Crippen MR) is 76.7 cm³/mol. The lowest BCUT2D eigenvalue weighted by Gasteiger charge is -2.23. The molecular weight excluding hydrogens is 274 g/mol. The van der Waals surface area contributed by atoms with Crippen molar-refractivity contribution >= 4 is 10.0 Å². The molecule has 0 aliphatic carbocycles. The zero-order valence-corrected chi connectivity index (χ0v) is 12.3. The topological polar surface area (TPSA) is 82.0 Å². The van der Waals surface area contributed by atoms with Gasteiger partial charge in [-0.1, -0.05) is 6.07 Å². The fourth-order valence-electron chi connectivity index (χ4n) is 2.36. The van der Waals surface area contributed by atoms with Gasteiger partial charge in [-0.2, -0.15) is 5.26 Å². The summed E-state index contributed by atoms with van der Waals surface area (Å²) in [6, 6.07) is 6.68. The van der Waals surface area contributed by atoms with Crippen LogP contribution in [0.5, 0.6) is 0 Å². The highest BCUT2D eigenvalue weighted by Crippen LogP contribution is 2.17. The molecule has 0 spiro atoms. The van der Waals surface area contributed by atoms with Gasteiger partial charge in [0.15, 0.2) is 0 Å². The van der Waals surface area contributed by atoms with E-state index in [1.807, 2.05) is 6.07 Å². The van der Waals surface area contributed by atoms with E-state index in [1.165, 1.54) is 6.07 Å². The average Bonchev–Trinajstić information content (AvgIpc) is 2.47. The molecule has 1 unspecified atom stereocenters. The van der Waals surface area contributed by atoms with Crippen LogP contribution in [0, 0.1) is 24.2 Å². The van der Waals surface area contributed by atoms with Gasteiger partial charge >= 0.3 is 0 Å². The number of sulfonamides is 1. The summed E-state index contributed by atoms with van der Waals surface area (Å²) < 4.78 is 27.3. The molecule has 0 saturated carbocycles. The number of benzene rings is 1. The summed E-state index contributed by atoms with van der Waals surface area (Å²) in [5, 5.41) is 12.1. The average molecular weight is 293 g/mol. The molecule has 20 heavy (non-hydrogen) atoms. The number of nitrogens with one attached hydrogen (secondary N) is 2. The first-order valence-electron chi connectivity index (χ1n) is 6.74. The molecule has 2 rings (SSSR count). The molecule has 5 nitrogen and oxygen atoms in total. The summed E-state index contributed by atoms with van der Waals surface area (Å²) in [6.07, 6.45) is 2.11. The van der Waals surface area contributed by atoms with Crippen molar-refractivity contribution in [3.05, 3.63) is 29.3 Å². The molecule has 0 bridgehead atoms. The Labute approximate surface area is 120 Å². The molecule has 0 radical (unpaired) electrons. The highest BCUT2D eigenvalue weighted by Gasteiger charge is 2.20. The van der Waals surface area contributed by atoms with Crippen molar-refractivity contribution in [3.8, 4) is 6.07 Å². The summed E-state index contributed by atoms with van der Waals surface area (Å²) in [7, 11) is -3.55. The van der Waals surface area contributed by atoms with Gasteiger partial charge in [0.1, 0.15) is 0 Å². The van der Waals surface area contributed by atoms with Crippen LogP contribution in [-0.4, -0.2) is 28.1 Å². The van der Waals surface area contributed by atoms with Gasteiger partial charge in [-0.25, -0.2) is 13.1 Å². The van der Waals surface area contributed by atoms with Crippen molar-refractivity contribution in [1.29, 1.82) is 5.26 Å². The van der Waals surface area contributed by atoms with E-state index in [1.54, 1.807) is 19.1 Å². The minimum absolute atomic E-state index is 0.195. The van der Waals surface area contributed by atoms with Crippen molar-refractivity contribution in [2.24, 2.45) is 5.92 Å². The van der Waals surface area contributed by atoms with Gasteiger partial charge in [0.25, 0.3) is 0 Å². The summed E-state index contributed by atoms with van der Waals surface area (Å²) >= 11 is 0. The molecule has 0 amide bonds. The van der Waals surface area contributed by atoms with Crippen LogP contribution < -0.4 is 10.0 Å². The van der Waals surface area contributed by atoms with Crippen LogP contribution in [0.3, 0.4) is 0 Å². The minimum atomic E-state index is -3.55. The van der Waals surface area contributed by atoms with Gasteiger partial charge in [0.2, 0.25) is 10.0 Å². The molecular formula is C14H19N3O2S. The fourth-order valence-corrected chi connectivity index (χ4v) is 3.75. The maximum absolute atomic E-state index is 12.3. The summed E-state index contributed by atoms with van der Waals surface area (Å²) in [6.45, 7) is 4.02. The van der Waals surface area contributed by atoms with E-state index >= 15 is 0 Å². The second-order valence-corrected chi connectivity index (χ2v) is 6.89. The first-order chi connectivity index (χ1) is 9.53. The highest BCUT2D eigenvalue weighted by molar-refractivity contribution is 7.89. The molecule has 1 aliphatic rings. The van der Waals surface area contributed by atoms with Crippen LogP contribution in [0.15, 0.2) is 23.1 Å². The number of nitrogens with zero attached hydrogens (tertiary/aromatic N) is 1. The Morgan fingerprint density at radius 1 is 1.50 bits per heavy atom. The van der Waals surface area contributed by atoms with Crippen LogP contribution in [0.1, 0.15) is 24.0 Å². The Morgan fingerprint density at radius 3 is 2.95 bits per heavy atom. The molecule has 2 N–H and O–H groups in total. The van der Waals surface area contributed by atoms with Gasteiger partial charge < -0.3 is 5.32 Å². The van der Waals surface area contributed by atoms with Crippen LogP contribution >= 0.6 is 0 Å². The van der Waals surface area contributed by atoms with E-state index < -0.39 is 10.0 Å². The quantitative estimate of drug-likeness (QED) is 0.872. The molecule has 1 fully saturated rings. The highest BCUT2D eigenvalue weighted by atomic mass is 32.2. The Bertz CT molecular complexity index is 614. The van der Waals surface area contributed by atoms with E-state index in [0.29, 0.717) is 23.6 Å². The van der Waals surface area contributed by atoms with E-state index in [4.69, 9.17) is 5.26 Å². The lowest BCUT2D eigenvalue weighted by molar-refractivity contribution is 0.376. The largest absolute Gasteiger partial charge is 0.316 e. The first kappa shape index (κ1) is 15.0. The SMILES string of the molecule is Cc1ccc(C#N)cc1S(=O)(=O)NCC1CCCNC1. The Morgan fingerprint density at radius 2 is 2.30 bits per heavy atom. The third-order valence-electron chi connectivity index (χ3n) is 3.57. The van der Waals surface area contributed by atoms with E-state index in [9.17, 15) is 8.42 Å². The van der Waals surface area contributed by atoms with E-state index in [0.717, 1.165) is 25.9 Å². The molecule has 1 aliphatic heterocycles. The second kappa shape index (κ2) is 6.35. The van der Waals surface area contributed by atoms with Gasteiger partial charge in [-0.3, -0.25) is 0 Å². The number of nitriles is 1. The Balaban J connectivity index is 2.11. The number of hydrogen-bond donors (Lipinski definition) is 2. The predicted octanol–water partition coefficient (Wildman–Crippen LogP) is 1.14. The smallest absolute Gasteiger partial charge is 0.240 e. The molecule has 1 aromatic rings. The second-order valence-electron chi connectivity index (χ2n) is 5.16. The van der Waals surface area contributed by atoms with Crippen molar-refractivity contribution in [1.82, 2.24) is 10.0 Å². The van der Waals surface area contributed by atoms with Gasteiger partial charge in [0.05, 0.1) is 16.5 Å². The molecule has 1 atom stereocenters. The normalized spacial score (nSPS) is 19.5. The summed E-state index contributed by atoms with van der Waals surface area (Å²) in [5.41, 5.74) is 1.01. The molecule has 6 heteroatoms. The van der Waals surface area contributed by atoms with Crippen LogP contribution in [-0.2, 0) is 10.0 Å². The zero-order valence-electron chi connectivity index (χ0n) is 11.5. The number of rotatable bonds is 4. The standard InChI is InChI=1S/C14H19N3O2S/c1-11-4-5-12(8-15)7-14(11)20(18,19)17-10-13-3-2-6-16-9-13/h4-5,7,13,16-17H,2-3,6,9-10H2,1H3. The van der Waals surface area contributed by atoms with E-state index in [2.05, 4.69) is 10.0 Å². The van der Waals surface area contributed by atoms with Crippen LogP contribution in [0.4, 0.5) is 0 Å². The zero-order chi connectivity index (χ0) is 14.6.